The lowest BCUT2D eigenvalue weighted by Gasteiger charge is -2.36. The molecule has 0 bridgehead atoms. The first-order valence-electron chi connectivity index (χ1n) is 9.79. The van der Waals surface area contributed by atoms with Crippen molar-refractivity contribution in [3.63, 3.8) is 0 Å². The number of aromatic nitrogens is 1. The number of pyridine rings is 1. The van der Waals surface area contributed by atoms with E-state index < -0.39 is 11.9 Å². The summed E-state index contributed by atoms with van der Waals surface area (Å²) in [5.41, 5.74) is 18.9. The lowest BCUT2D eigenvalue weighted by Crippen LogP contribution is -2.53. The fraction of sp³-hybridized carbons (Fsp3) is 0.526. The predicted molar refractivity (Wildman–Crippen MR) is 115 cm³/mol. The van der Waals surface area contributed by atoms with Crippen LogP contribution >= 0.6 is 11.3 Å². The molecule has 158 valence electrons. The molecule has 1 unspecified atom stereocenters. The number of rotatable bonds is 7. The van der Waals surface area contributed by atoms with Gasteiger partial charge in [-0.3, -0.25) is 9.59 Å². The zero-order chi connectivity index (χ0) is 21.1. The molecule has 1 aliphatic rings. The lowest BCUT2D eigenvalue weighted by atomic mass is 10.1. The largest absolute Gasteiger partial charge is 0.397 e. The van der Waals surface area contributed by atoms with E-state index in [1.165, 1.54) is 11.3 Å². The fourth-order valence-corrected chi connectivity index (χ4v) is 4.64. The minimum Gasteiger partial charge on any atom is -0.397 e. The van der Waals surface area contributed by atoms with Gasteiger partial charge in [0.25, 0.3) is 5.91 Å². The molecule has 0 saturated carbocycles. The van der Waals surface area contributed by atoms with Crippen molar-refractivity contribution in [3.05, 3.63) is 16.5 Å². The van der Waals surface area contributed by atoms with Crippen molar-refractivity contribution in [2.45, 2.75) is 32.2 Å². The Balaban J connectivity index is 1.84. The Morgan fingerprint density at radius 3 is 2.59 bits per heavy atom. The Labute approximate surface area is 173 Å². The molecular weight excluding hydrogens is 392 g/mol. The number of primary amides is 1. The van der Waals surface area contributed by atoms with Crippen LogP contribution in [0.1, 0.15) is 35.0 Å². The maximum Gasteiger partial charge on any atom is 0.260 e. The molecule has 0 aromatic carbocycles. The molecule has 1 atom stereocenters. The van der Waals surface area contributed by atoms with E-state index in [4.69, 9.17) is 27.3 Å². The van der Waals surface area contributed by atoms with E-state index in [9.17, 15) is 9.59 Å². The zero-order valence-corrected chi connectivity index (χ0v) is 17.4. The fourth-order valence-electron chi connectivity index (χ4n) is 3.65. The number of carbonyl (C=O) groups is 2. The van der Waals surface area contributed by atoms with Gasteiger partial charge in [-0.05, 0) is 24.5 Å². The number of amides is 2. The van der Waals surface area contributed by atoms with Crippen LogP contribution in [0.4, 0.5) is 11.5 Å². The van der Waals surface area contributed by atoms with Crippen LogP contribution in [0, 0.1) is 0 Å². The number of fused-ring (bicyclic) bond motifs is 1. The van der Waals surface area contributed by atoms with Gasteiger partial charge in [0.1, 0.15) is 15.5 Å². The number of aliphatic hydroxyl groups is 1. The highest BCUT2D eigenvalue weighted by atomic mass is 32.1. The highest BCUT2D eigenvalue weighted by Crippen LogP contribution is 2.37. The van der Waals surface area contributed by atoms with Crippen molar-refractivity contribution in [1.82, 2.24) is 9.88 Å². The SMILES string of the molecule is CCCc1cc(N2CCN(C(=O)C(N)CCO)CC2)nc2sc(C(N)=O)c(N)c12. The van der Waals surface area contributed by atoms with Gasteiger partial charge in [-0.15, -0.1) is 11.3 Å². The van der Waals surface area contributed by atoms with Crippen LogP contribution in [0.25, 0.3) is 10.2 Å². The number of nitrogens with zero attached hydrogens (tertiary/aromatic N) is 3. The number of hydrogen-bond acceptors (Lipinski definition) is 8. The van der Waals surface area contributed by atoms with Crippen molar-refractivity contribution in [2.75, 3.05) is 43.4 Å². The van der Waals surface area contributed by atoms with Crippen LogP contribution in [0.15, 0.2) is 6.07 Å². The third-order valence-corrected chi connectivity index (χ3v) is 6.30. The van der Waals surface area contributed by atoms with E-state index in [2.05, 4.69) is 11.8 Å². The third-order valence-electron chi connectivity index (χ3n) is 5.18. The molecule has 1 fully saturated rings. The first kappa shape index (κ1) is 21.3. The normalized spacial score (nSPS) is 15.7. The molecule has 0 aliphatic carbocycles. The summed E-state index contributed by atoms with van der Waals surface area (Å²) in [6.45, 7) is 4.33. The number of nitrogens with two attached hydrogens (primary N) is 3. The number of anilines is 2. The van der Waals surface area contributed by atoms with E-state index in [1.54, 1.807) is 4.90 Å². The smallest absolute Gasteiger partial charge is 0.260 e. The summed E-state index contributed by atoms with van der Waals surface area (Å²) in [6.07, 6.45) is 2.02. The number of thiophene rings is 1. The molecule has 0 radical (unpaired) electrons. The number of nitrogen functional groups attached to an aromatic ring is 1. The second kappa shape index (κ2) is 8.93. The van der Waals surface area contributed by atoms with Gasteiger partial charge in [0, 0.05) is 38.2 Å². The third kappa shape index (κ3) is 4.29. The Hall–Kier alpha value is -2.43. The predicted octanol–water partition coefficient (Wildman–Crippen LogP) is 0.288. The average Bonchev–Trinajstić information content (AvgIpc) is 3.05. The summed E-state index contributed by atoms with van der Waals surface area (Å²) in [6, 6.07) is 1.35. The Kier molecular flexibility index (Phi) is 6.56. The van der Waals surface area contributed by atoms with Crippen LogP contribution in [-0.4, -0.2) is 65.6 Å². The number of carbonyl (C=O) groups excluding carboxylic acids is 2. The molecule has 1 saturated heterocycles. The molecule has 29 heavy (non-hydrogen) atoms. The number of piperazine rings is 1. The van der Waals surface area contributed by atoms with E-state index >= 15 is 0 Å². The van der Waals surface area contributed by atoms with Crippen LogP contribution in [0.3, 0.4) is 0 Å². The first-order valence-corrected chi connectivity index (χ1v) is 10.6. The maximum absolute atomic E-state index is 12.3. The summed E-state index contributed by atoms with van der Waals surface area (Å²) < 4.78 is 0. The second-order valence-corrected chi connectivity index (χ2v) is 8.21. The molecule has 2 amide bonds. The summed E-state index contributed by atoms with van der Waals surface area (Å²) in [5, 5.41) is 9.80. The number of hydrogen-bond donors (Lipinski definition) is 4. The summed E-state index contributed by atoms with van der Waals surface area (Å²) in [7, 11) is 0. The highest BCUT2D eigenvalue weighted by Gasteiger charge is 2.26. The monoisotopic (exact) mass is 420 g/mol. The molecular formula is C19H28N6O3S. The van der Waals surface area contributed by atoms with Gasteiger partial charge in [0.15, 0.2) is 0 Å². The average molecular weight is 421 g/mol. The van der Waals surface area contributed by atoms with Gasteiger partial charge in [-0.25, -0.2) is 4.98 Å². The topological polar surface area (TPSA) is 152 Å². The number of aliphatic hydroxyl groups excluding tert-OH is 1. The summed E-state index contributed by atoms with van der Waals surface area (Å²) in [5.74, 6) is 0.136. The molecule has 7 N–H and O–H groups in total. The van der Waals surface area contributed by atoms with Crippen molar-refractivity contribution >= 4 is 44.9 Å². The van der Waals surface area contributed by atoms with E-state index in [1.807, 2.05) is 6.07 Å². The number of aryl methyl sites for hydroxylation is 1. The van der Waals surface area contributed by atoms with Gasteiger partial charge in [-0.1, -0.05) is 13.3 Å². The van der Waals surface area contributed by atoms with Gasteiger partial charge < -0.3 is 32.1 Å². The molecule has 10 heteroatoms. The van der Waals surface area contributed by atoms with Crippen molar-refractivity contribution in [3.8, 4) is 0 Å². The van der Waals surface area contributed by atoms with Crippen LogP contribution in [-0.2, 0) is 11.2 Å². The Morgan fingerprint density at radius 1 is 1.31 bits per heavy atom. The van der Waals surface area contributed by atoms with Gasteiger partial charge in [0.2, 0.25) is 5.91 Å². The van der Waals surface area contributed by atoms with Gasteiger partial charge >= 0.3 is 0 Å². The molecule has 3 heterocycles. The van der Waals surface area contributed by atoms with Crippen LogP contribution in [0.5, 0.6) is 0 Å². The van der Waals surface area contributed by atoms with Crippen molar-refractivity contribution < 1.29 is 14.7 Å². The first-order chi connectivity index (χ1) is 13.9. The minimum absolute atomic E-state index is 0.103. The van der Waals surface area contributed by atoms with E-state index in [-0.39, 0.29) is 18.9 Å². The zero-order valence-electron chi connectivity index (χ0n) is 16.6. The quantitative estimate of drug-likeness (QED) is 0.502. The molecule has 0 spiro atoms. The standard InChI is InChI=1S/C19H28N6O3S/c1-2-3-11-10-13(23-18-14(11)15(21)16(29-18)17(22)27)24-5-7-25(8-6-24)19(28)12(20)4-9-26/h10,12,26H,2-9,20-21H2,1H3,(H2,22,27). The van der Waals surface area contributed by atoms with E-state index in [0.717, 1.165) is 29.6 Å². The van der Waals surface area contributed by atoms with E-state index in [0.29, 0.717) is 41.6 Å². The Morgan fingerprint density at radius 2 is 2.00 bits per heavy atom. The van der Waals surface area contributed by atoms with Crippen LogP contribution < -0.4 is 22.1 Å². The molecule has 2 aromatic heterocycles. The molecule has 2 aromatic rings. The van der Waals surface area contributed by atoms with Crippen molar-refractivity contribution in [1.29, 1.82) is 0 Å². The second-order valence-electron chi connectivity index (χ2n) is 7.21. The van der Waals surface area contributed by atoms with Gasteiger partial charge in [0.05, 0.1) is 11.7 Å². The van der Waals surface area contributed by atoms with Gasteiger partial charge in [-0.2, -0.15) is 0 Å². The summed E-state index contributed by atoms with van der Waals surface area (Å²) >= 11 is 1.22. The molecule has 9 nitrogen and oxygen atoms in total. The maximum atomic E-state index is 12.3. The molecule has 1 aliphatic heterocycles. The summed E-state index contributed by atoms with van der Waals surface area (Å²) in [4.78, 5) is 33.7. The minimum atomic E-state index is -0.668. The van der Waals surface area contributed by atoms with Crippen LogP contribution in [0.2, 0.25) is 0 Å². The Bertz CT molecular complexity index is 907. The van der Waals surface area contributed by atoms with Crippen molar-refractivity contribution in [2.24, 2.45) is 11.5 Å². The highest BCUT2D eigenvalue weighted by molar-refractivity contribution is 7.21. The molecule has 3 rings (SSSR count). The lowest BCUT2D eigenvalue weighted by molar-refractivity contribution is -0.133.